The molecule has 0 amide bonds. The van der Waals surface area contributed by atoms with Crippen LogP contribution in [0.15, 0.2) is 11.6 Å². The molecule has 5 heteroatoms. The van der Waals surface area contributed by atoms with E-state index in [9.17, 15) is 0 Å². The van der Waals surface area contributed by atoms with Crippen LogP contribution in [0.5, 0.6) is 0 Å². The Morgan fingerprint density at radius 1 is 1.54 bits per heavy atom. The minimum Gasteiger partial charge on any atom is -0.355 e. The van der Waals surface area contributed by atoms with Gasteiger partial charge in [0.15, 0.2) is 6.29 Å². The first-order chi connectivity index (χ1) is 6.36. The van der Waals surface area contributed by atoms with Crippen molar-refractivity contribution in [2.24, 2.45) is 0 Å². The summed E-state index contributed by atoms with van der Waals surface area (Å²) in [4.78, 5) is 4.14. The van der Waals surface area contributed by atoms with Gasteiger partial charge in [-0.1, -0.05) is 0 Å². The number of rotatable bonds is 6. The highest BCUT2D eigenvalue weighted by molar-refractivity contribution is 7.09. The van der Waals surface area contributed by atoms with E-state index in [0.29, 0.717) is 6.54 Å². The van der Waals surface area contributed by atoms with Crippen molar-refractivity contribution >= 4 is 11.3 Å². The molecule has 1 rings (SSSR count). The van der Waals surface area contributed by atoms with Crippen molar-refractivity contribution in [2.75, 3.05) is 20.8 Å². The number of nitrogens with zero attached hydrogens (tertiary/aromatic N) is 1. The Balaban J connectivity index is 2.13. The lowest BCUT2D eigenvalue weighted by molar-refractivity contribution is -0.0989. The lowest BCUT2D eigenvalue weighted by Crippen LogP contribution is -2.29. The summed E-state index contributed by atoms with van der Waals surface area (Å²) in [6.45, 7) is 1.44. The van der Waals surface area contributed by atoms with Gasteiger partial charge >= 0.3 is 0 Å². The normalized spacial score (nSPS) is 11.0. The lowest BCUT2D eigenvalue weighted by atomic mass is 10.5. The highest BCUT2D eigenvalue weighted by Gasteiger charge is 2.03. The maximum atomic E-state index is 5.02. The molecule has 1 heterocycles. The van der Waals surface area contributed by atoms with Gasteiger partial charge in [0.2, 0.25) is 0 Å². The fourth-order valence-corrected chi connectivity index (χ4v) is 1.49. The van der Waals surface area contributed by atoms with Crippen molar-refractivity contribution in [3.63, 3.8) is 0 Å². The zero-order valence-electron chi connectivity index (χ0n) is 7.82. The molecule has 1 aromatic rings. The van der Waals surface area contributed by atoms with E-state index in [-0.39, 0.29) is 6.29 Å². The number of hydrogen-bond acceptors (Lipinski definition) is 5. The highest BCUT2D eigenvalue weighted by atomic mass is 32.1. The molecule has 0 aliphatic rings. The van der Waals surface area contributed by atoms with Gasteiger partial charge in [-0.3, -0.25) is 0 Å². The minimum atomic E-state index is -0.181. The fraction of sp³-hybridized carbons (Fsp3) is 0.625. The minimum absolute atomic E-state index is 0.181. The number of nitrogens with one attached hydrogen (secondary N) is 1. The van der Waals surface area contributed by atoms with Crippen LogP contribution >= 0.6 is 11.3 Å². The zero-order chi connectivity index (χ0) is 9.52. The number of methoxy groups -OCH3 is 2. The van der Waals surface area contributed by atoms with Gasteiger partial charge in [-0.05, 0) is 0 Å². The van der Waals surface area contributed by atoms with Crippen molar-refractivity contribution < 1.29 is 9.47 Å². The third kappa shape index (κ3) is 3.82. The molecule has 0 radical (unpaired) electrons. The maximum Gasteiger partial charge on any atom is 0.169 e. The van der Waals surface area contributed by atoms with E-state index in [4.69, 9.17) is 9.47 Å². The van der Waals surface area contributed by atoms with Crippen LogP contribution in [0.4, 0.5) is 0 Å². The molecule has 0 saturated carbocycles. The van der Waals surface area contributed by atoms with E-state index in [0.717, 1.165) is 11.6 Å². The SMILES string of the molecule is COC(CNCc1nccs1)OC. The van der Waals surface area contributed by atoms with Gasteiger partial charge in [0, 0.05) is 38.9 Å². The van der Waals surface area contributed by atoms with Gasteiger partial charge in [0.05, 0.1) is 0 Å². The molecule has 4 nitrogen and oxygen atoms in total. The van der Waals surface area contributed by atoms with Crippen LogP contribution in [-0.4, -0.2) is 32.0 Å². The quantitative estimate of drug-likeness (QED) is 0.695. The Morgan fingerprint density at radius 3 is 2.85 bits per heavy atom. The summed E-state index contributed by atoms with van der Waals surface area (Å²) in [5.74, 6) is 0. The molecule has 0 spiro atoms. The molecule has 1 N–H and O–H groups in total. The monoisotopic (exact) mass is 202 g/mol. The van der Waals surface area contributed by atoms with E-state index in [1.807, 2.05) is 5.38 Å². The number of aromatic nitrogens is 1. The predicted octanol–water partition coefficient (Wildman–Crippen LogP) is 0.852. The second-order valence-electron chi connectivity index (χ2n) is 2.46. The van der Waals surface area contributed by atoms with E-state index in [1.165, 1.54) is 0 Å². The van der Waals surface area contributed by atoms with E-state index < -0.39 is 0 Å². The van der Waals surface area contributed by atoms with Crippen molar-refractivity contribution in [3.05, 3.63) is 16.6 Å². The number of ether oxygens (including phenoxy) is 2. The second-order valence-corrected chi connectivity index (χ2v) is 3.44. The van der Waals surface area contributed by atoms with Crippen molar-refractivity contribution in [1.29, 1.82) is 0 Å². The molecular weight excluding hydrogens is 188 g/mol. The number of thiazole rings is 1. The Hall–Kier alpha value is -0.490. The average molecular weight is 202 g/mol. The summed E-state index contributed by atoms with van der Waals surface area (Å²) in [5.41, 5.74) is 0. The first kappa shape index (κ1) is 10.6. The van der Waals surface area contributed by atoms with Crippen LogP contribution in [0.3, 0.4) is 0 Å². The van der Waals surface area contributed by atoms with E-state index in [1.54, 1.807) is 31.8 Å². The van der Waals surface area contributed by atoms with Crippen LogP contribution < -0.4 is 5.32 Å². The largest absolute Gasteiger partial charge is 0.355 e. The smallest absolute Gasteiger partial charge is 0.169 e. The Bertz CT molecular complexity index is 212. The second kappa shape index (κ2) is 6.04. The van der Waals surface area contributed by atoms with Gasteiger partial charge in [-0.2, -0.15) is 0 Å². The molecule has 0 aromatic carbocycles. The van der Waals surface area contributed by atoms with Gasteiger partial charge in [0.1, 0.15) is 5.01 Å². The summed E-state index contributed by atoms with van der Waals surface area (Å²) in [7, 11) is 3.25. The van der Waals surface area contributed by atoms with Crippen molar-refractivity contribution in [3.8, 4) is 0 Å². The Kier molecular flexibility index (Phi) is 4.92. The molecule has 13 heavy (non-hydrogen) atoms. The third-order valence-corrected chi connectivity index (χ3v) is 2.38. The predicted molar refractivity (Wildman–Crippen MR) is 51.6 cm³/mol. The summed E-state index contributed by atoms with van der Waals surface area (Å²) in [6, 6.07) is 0. The molecule has 0 saturated heterocycles. The first-order valence-corrected chi connectivity index (χ1v) is 4.89. The standard InChI is InChI=1S/C8H14N2O2S/c1-11-8(12-2)6-9-5-7-10-3-4-13-7/h3-4,8-9H,5-6H2,1-2H3. The molecule has 0 aliphatic carbocycles. The van der Waals surface area contributed by atoms with Crippen LogP contribution in [0.25, 0.3) is 0 Å². The first-order valence-electron chi connectivity index (χ1n) is 4.01. The molecular formula is C8H14N2O2S. The fourth-order valence-electron chi connectivity index (χ4n) is 0.900. The van der Waals surface area contributed by atoms with E-state index in [2.05, 4.69) is 10.3 Å². The maximum absolute atomic E-state index is 5.02. The Labute approximate surface area is 81.9 Å². The molecule has 0 unspecified atom stereocenters. The average Bonchev–Trinajstić information content (AvgIpc) is 2.65. The van der Waals surface area contributed by atoms with Gasteiger partial charge in [-0.25, -0.2) is 4.98 Å². The lowest BCUT2D eigenvalue weighted by Gasteiger charge is -2.13. The molecule has 1 aromatic heterocycles. The molecule has 0 atom stereocenters. The van der Waals surface area contributed by atoms with Crippen LogP contribution in [0.2, 0.25) is 0 Å². The van der Waals surface area contributed by atoms with Crippen molar-refractivity contribution in [2.45, 2.75) is 12.8 Å². The Morgan fingerprint density at radius 2 is 2.31 bits per heavy atom. The topological polar surface area (TPSA) is 43.4 Å². The molecule has 0 aliphatic heterocycles. The summed E-state index contributed by atoms with van der Waals surface area (Å²) in [6.07, 6.45) is 1.62. The summed E-state index contributed by atoms with van der Waals surface area (Å²) >= 11 is 1.63. The highest BCUT2D eigenvalue weighted by Crippen LogP contribution is 2.02. The molecule has 74 valence electrons. The van der Waals surface area contributed by atoms with Crippen LogP contribution in [0.1, 0.15) is 5.01 Å². The number of hydrogen-bond donors (Lipinski definition) is 1. The zero-order valence-corrected chi connectivity index (χ0v) is 8.63. The van der Waals surface area contributed by atoms with Crippen molar-refractivity contribution in [1.82, 2.24) is 10.3 Å². The summed E-state index contributed by atoms with van der Waals surface area (Å²) < 4.78 is 10.0. The van der Waals surface area contributed by atoms with Gasteiger partial charge in [-0.15, -0.1) is 11.3 Å². The summed E-state index contributed by atoms with van der Waals surface area (Å²) in [5, 5.41) is 6.22. The van der Waals surface area contributed by atoms with E-state index >= 15 is 0 Å². The third-order valence-electron chi connectivity index (χ3n) is 1.60. The van der Waals surface area contributed by atoms with Crippen LogP contribution in [-0.2, 0) is 16.0 Å². The molecule has 0 bridgehead atoms. The molecule has 0 fully saturated rings. The van der Waals surface area contributed by atoms with Gasteiger partial charge in [0.25, 0.3) is 0 Å². The van der Waals surface area contributed by atoms with Gasteiger partial charge < -0.3 is 14.8 Å². The van der Waals surface area contributed by atoms with Crippen LogP contribution in [0, 0.1) is 0 Å².